The maximum Gasteiger partial charge on any atom is 0.233 e. The third-order valence-corrected chi connectivity index (χ3v) is 9.45. The van der Waals surface area contributed by atoms with Gasteiger partial charge in [-0.1, -0.05) is 26.0 Å². The monoisotopic (exact) mass is 496 g/mol. The fourth-order valence-corrected chi connectivity index (χ4v) is 6.86. The number of rotatable bonds is 9. The van der Waals surface area contributed by atoms with E-state index in [1.54, 1.807) is 12.1 Å². The van der Waals surface area contributed by atoms with Crippen molar-refractivity contribution in [3.05, 3.63) is 40.9 Å². The van der Waals surface area contributed by atoms with Crippen molar-refractivity contribution >= 4 is 32.2 Å². The first kappa shape index (κ1) is 24.3. The predicted octanol–water partition coefficient (Wildman–Crippen LogP) is 5.48. The number of carbonyl (C=O) groups is 1. The number of halogens is 2. The number of benzene rings is 1. The van der Waals surface area contributed by atoms with Gasteiger partial charge in [0.1, 0.15) is 12.3 Å². The number of nitrogens with one attached hydrogen (secondary N) is 1. The Hall–Kier alpha value is -1.87. The van der Waals surface area contributed by atoms with Crippen LogP contribution in [0.3, 0.4) is 0 Å². The summed E-state index contributed by atoms with van der Waals surface area (Å²) < 4.78 is 52.6. The minimum atomic E-state index is -3.33. The second-order valence-electron chi connectivity index (χ2n) is 9.70. The summed E-state index contributed by atoms with van der Waals surface area (Å²) in [6.45, 7) is 4.19. The first-order valence-electron chi connectivity index (χ1n) is 11.5. The van der Waals surface area contributed by atoms with Crippen LogP contribution >= 0.6 is 11.3 Å². The Kier molecular flexibility index (Phi) is 7.19. The van der Waals surface area contributed by atoms with E-state index in [0.717, 1.165) is 12.1 Å². The molecular weight excluding hydrogens is 466 g/mol. The third-order valence-electron chi connectivity index (χ3n) is 6.37. The Bertz CT molecular complexity index is 1070. The van der Waals surface area contributed by atoms with Crippen molar-refractivity contribution in [2.75, 3.05) is 5.32 Å². The molecule has 1 N–H and O–H groups in total. The highest BCUT2D eigenvalue weighted by Crippen LogP contribution is 2.39. The molecule has 1 aromatic carbocycles. The number of anilines is 1. The smallest absolute Gasteiger partial charge is 0.233 e. The van der Waals surface area contributed by atoms with Gasteiger partial charge >= 0.3 is 0 Å². The molecule has 2 aliphatic carbocycles. The molecule has 1 amide bonds. The van der Waals surface area contributed by atoms with E-state index in [4.69, 9.17) is 0 Å². The molecule has 2 saturated carbocycles. The molecule has 0 radical (unpaired) electrons. The second kappa shape index (κ2) is 9.78. The Morgan fingerprint density at radius 1 is 1.15 bits per heavy atom. The Balaban J connectivity index is 1.53. The number of sulfone groups is 1. The molecule has 0 spiro atoms. The molecular formula is C24H30F2N2O3S2. The Labute approximate surface area is 197 Å². The lowest BCUT2D eigenvalue weighted by Gasteiger charge is -2.20. The minimum absolute atomic E-state index is 0.0921. The zero-order valence-corrected chi connectivity index (χ0v) is 20.5. The standard InChI is InChI=1S/C24H30F2N2O3S2/c1-14(2)9-17-13-32-24(27-17)28-23(29)20(10-15-11-21(25)22(26)12-15)16-3-5-18(6-4-16)33(30,31)19-7-8-19/h3-6,13-15,19-22H,7-12H2,1-2H3,(H,27,28,29)/t15?,20-,21-,22+/m1/s1. The SMILES string of the molecule is CC(C)Cc1csc(NC(=O)[C@H](CC2C[C@@H](F)[C@@H](F)C2)c2ccc(S(=O)(=O)C3CC3)cc2)n1. The minimum Gasteiger partial charge on any atom is -0.301 e. The largest absolute Gasteiger partial charge is 0.301 e. The summed E-state index contributed by atoms with van der Waals surface area (Å²) in [5, 5.41) is 4.96. The predicted molar refractivity (Wildman–Crippen MR) is 126 cm³/mol. The number of thiazole rings is 1. The van der Waals surface area contributed by atoms with E-state index >= 15 is 0 Å². The molecule has 0 saturated heterocycles. The van der Waals surface area contributed by atoms with E-state index in [1.807, 2.05) is 5.38 Å². The van der Waals surface area contributed by atoms with Gasteiger partial charge in [0.25, 0.3) is 0 Å². The van der Waals surface area contributed by atoms with Crippen LogP contribution in [0, 0.1) is 11.8 Å². The quantitative estimate of drug-likeness (QED) is 0.499. The number of alkyl halides is 2. The molecule has 180 valence electrons. The maximum absolute atomic E-state index is 13.8. The molecule has 5 nitrogen and oxygen atoms in total. The molecule has 4 rings (SSSR count). The van der Waals surface area contributed by atoms with Gasteiger partial charge in [-0.25, -0.2) is 22.2 Å². The van der Waals surface area contributed by atoms with Gasteiger partial charge in [0, 0.05) is 5.38 Å². The van der Waals surface area contributed by atoms with Crippen LogP contribution in [0.15, 0.2) is 34.5 Å². The average Bonchev–Trinajstić information content (AvgIpc) is 3.46. The van der Waals surface area contributed by atoms with Gasteiger partial charge in [-0.2, -0.15) is 0 Å². The molecule has 4 atom stereocenters. The van der Waals surface area contributed by atoms with Crippen LogP contribution in [0.4, 0.5) is 13.9 Å². The first-order valence-corrected chi connectivity index (χ1v) is 13.9. The number of hydrogen-bond donors (Lipinski definition) is 1. The molecule has 0 aliphatic heterocycles. The molecule has 2 aromatic rings. The molecule has 2 fully saturated rings. The number of aromatic nitrogens is 1. The summed E-state index contributed by atoms with van der Waals surface area (Å²) in [6, 6.07) is 6.39. The zero-order chi connectivity index (χ0) is 23.8. The topological polar surface area (TPSA) is 76.1 Å². The highest BCUT2D eigenvalue weighted by atomic mass is 32.2. The number of carbonyl (C=O) groups excluding carboxylic acids is 1. The van der Waals surface area contributed by atoms with Crippen LogP contribution in [0.2, 0.25) is 0 Å². The molecule has 9 heteroatoms. The van der Waals surface area contributed by atoms with Crippen LogP contribution in [0.1, 0.15) is 63.1 Å². The number of amides is 1. The van der Waals surface area contributed by atoms with Gasteiger partial charge in [0.2, 0.25) is 5.91 Å². The van der Waals surface area contributed by atoms with Crippen LogP contribution in [-0.2, 0) is 21.1 Å². The molecule has 33 heavy (non-hydrogen) atoms. The van der Waals surface area contributed by atoms with E-state index in [-0.39, 0.29) is 34.8 Å². The Morgan fingerprint density at radius 3 is 2.36 bits per heavy atom. The second-order valence-corrected chi connectivity index (χ2v) is 12.8. The van der Waals surface area contributed by atoms with Crippen molar-refractivity contribution in [2.45, 2.75) is 80.8 Å². The van der Waals surface area contributed by atoms with Gasteiger partial charge in [-0.05, 0) is 68.1 Å². The number of nitrogens with zero attached hydrogens (tertiary/aromatic N) is 1. The lowest BCUT2D eigenvalue weighted by atomic mass is 9.87. The summed E-state index contributed by atoms with van der Waals surface area (Å²) in [6.07, 6.45) is -0.347. The van der Waals surface area contributed by atoms with Gasteiger partial charge in [-0.3, -0.25) is 4.79 Å². The van der Waals surface area contributed by atoms with E-state index in [1.165, 1.54) is 23.5 Å². The fourth-order valence-electron chi connectivity index (χ4n) is 4.48. The van der Waals surface area contributed by atoms with E-state index in [0.29, 0.717) is 35.9 Å². The van der Waals surface area contributed by atoms with E-state index in [9.17, 15) is 22.0 Å². The molecule has 1 heterocycles. The molecule has 1 unspecified atom stereocenters. The van der Waals surface area contributed by atoms with Crippen molar-refractivity contribution in [1.82, 2.24) is 4.98 Å². The first-order chi connectivity index (χ1) is 15.6. The van der Waals surface area contributed by atoms with Crippen molar-refractivity contribution in [1.29, 1.82) is 0 Å². The third kappa shape index (κ3) is 5.80. The summed E-state index contributed by atoms with van der Waals surface area (Å²) in [4.78, 5) is 18.0. The normalized spacial score (nSPS) is 24.2. The Morgan fingerprint density at radius 2 is 1.79 bits per heavy atom. The summed E-state index contributed by atoms with van der Waals surface area (Å²) >= 11 is 1.35. The van der Waals surface area contributed by atoms with Gasteiger partial charge in [0.15, 0.2) is 15.0 Å². The van der Waals surface area contributed by atoms with Crippen molar-refractivity contribution in [2.24, 2.45) is 11.8 Å². The summed E-state index contributed by atoms with van der Waals surface area (Å²) in [5.41, 5.74) is 1.55. The summed E-state index contributed by atoms with van der Waals surface area (Å²) in [5.74, 6) is -0.759. The van der Waals surface area contributed by atoms with Crippen molar-refractivity contribution in [3.63, 3.8) is 0 Å². The highest BCUT2D eigenvalue weighted by molar-refractivity contribution is 7.92. The maximum atomic E-state index is 13.8. The lowest BCUT2D eigenvalue weighted by Crippen LogP contribution is -2.23. The summed E-state index contributed by atoms with van der Waals surface area (Å²) in [7, 11) is -3.33. The van der Waals surface area contributed by atoms with E-state index in [2.05, 4.69) is 24.1 Å². The van der Waals surface area contributed by atoms with E-state index < -0.39 is 28.1 Å². The van der Waals surface area contributed by atoms with Gasteiger partial charge < -0.3 is 5.32 Å². The van der Waals surface area contributed by atoms with Crippen LogP contribution in [0.5, 0.6) is 0 Å². The fraction of sp³-hybridized carbons (Fsp3) is 0.583. The van der Waals surface area contributed by atoms with Crippen molar-refractivity contribution in [3.8, 4) is 0 Å². The zero-order valence-electron chi connectivity index (χ0n) is 18.8. The molecule has 0 bridgehead atoms. The van der Waals surface area contributed by atoms with Crippen LogP contribution in [0.25, 0.3) is 0 Å². The highest BCUT2D eigenvalue weighted by Gasteiger charge is 2.38. The lowest BCUT2D eigenvalue weighted by molar-refractivity contribution is -0.118. The van der Waals surface area contributed by atoms with Crippen LogP contribution in [-0.4, -0.2) is 36.9 Å². The van der Waals surface area contributed by atoms with Crippen LogP contribution < -0.4 is 5.32 Å². The van der Waals surface area contributed by atoms with Crippen molar-refractivity contribution < 1.29 is 22.0 Å². The average molecular weight is 497 g/mol. The molecule has 1 aromatic heterocycles. The number of hydrogen-bond acceptors (Lipinski definition) is 5. The molecule has 2 aliphatic rings. The van der Waals surface area contributed by atoms with Gasteiger partial charge in [-0.15, -0.1) is 11.3 Å². The van der Waals surface area contributed by atoms with Gasteiger partial charge in [0.05, 0.1) is 21.8 Å².